The van der Waals surface area contributed by atoms with Gasteiger partial charge in [0.25, 0.3) is 0 Å². The lowest BCUT2D eigenvalue weighted by Crippen LogP contribution is -2.25. The summed E-state index contributed by atoms with van der Waals surface area (Å²) in [6.07, 6.45) is 0. The van der Waals surface area contributed by atoms with E-state index in [1.807, 2.05) is 26.2 Å². The maximum absolute atomic E-state index is 2.86. The van der Waals surface area contributed by atoms with Crippen LogP contribution in [0.25, 0.3) is 0 Å². The number of rotatable bonds is 1. The molecular formula is C3H11ClN2. The summed E-state index contributed by atoms with van der Waals surface area (Å²) in [5.74, 6) is 0. The molecule has 0 spiro atoms. The summed E-state index contributed by atoms with van der Waals surface area (Å²) in [7, 11) is 5.76. The lowest BCUT2D eigenvalue weighted by atomic mass is 11.1. The second-order valence-electron chi connectivity index (χ2n) is 1.12. The number of hydrogen-bond acceptors (Lipinski definition) is 2. The minimum absolute atomic E-state index is 0. The standard InChI is InChI=1S/C3H10N2.ClH/c1-4-5(2)3;/h4H,1-3H3;1H. The highest BCUT2D eigenvalue weighted by Gasteiger charge is 1.68. The molecule has 0 aromatic carbocycles. The van der Waals surface area contributed by atoms with Crippen molar-refractivity contribution in [2.24, 2.45) is 0 Å². The van der Waals surface area contributed by atoms with Gasteiger partial charge in [0.2, 0.25) is 0 Å². The monoisotopic (exact) mass is 110 g/mol. The van der Waals surface area contributed by atoms with E-state index in [1.54, 1.807) is 0 Å². The molecule has 40 valence electrons. The molecule has 0 aliphatic carbocycles. The van der Waals surface area contributed by atoms with E-state index in [2.05, 4.69) is 5.43 Å². The first kappa shape index (κ1) is 9.51. The second kappa shape index (κ2) is 5.21. The fourth-order valence-electron chi connectivity index (χ4n) is 0. The Morgan fingerprint density at radius 2 is 1.50 bits per heavy atom. The molecule has 0 radical (unpaired) electrons. The van der Waals surface area contributed by atoms with E-state index in [1.165, 1.54) is 0 Å². The van der Waals surface area contributed by atoms with Gasteiger partial charge >= 0.3 is 0 Å². The Kier molecular flexibility index (Phi) is 8.26. The van der Waals surface area contributed by atoms with Crippen LogP contribution in [-0.4, -0.2) is 26.2 Å². The van der Waals surface area contributed by atoms with E-state index in [4.69, 9.17) is 0 Å². The number of nitrogens with zero attached hydrogens (tertiary/aromatic N) is 1. The van der Waals surface area contributed by atoms with Gasteiger partial charge in [-0.25, -0.2) is 0 Å². The van der Waals surface area contributed by atoms with Crippen LogP contribution in [0.4, 0.5) is 0 Å². The summed E-state index contributed by atoms with van der Waals surface area (Å²) < 4.78 is 0. The van der Waals surface area contributed by atoms with E-state index in [0.717, 1.165) is 0 Å². The van der Waals surface area contributed by atoms with Crippen LogP contribution in [0.2, 0.25) is 0 Å². The molecule has 6 heavy (non-hydrogen) atoms. The van der Waals surface area contributed by atoms with Crippen molar-refractivity contribution in [3.8, 4) is 0 Å². The SMILES string of the molecule is CNN(C)C.Cl. The van der Waals surface area contributed by atoms with Gasteiger partial charge in [-0.2, -0.15) is 0 Å². The van der Waals surface area contributed by atoms with E-state index < -0.39 is 0 Å². The van der Waals surface area contributed by atoms with Crippen molar-refractivity contribution < 1.29 is 0 Å². The molecule has 0 saturated carbocycles. The van der Waals surface area contributed by atoms with Crippen LogP contribution >= 0.6 is 12.4 Å². The first-order valence-electron chi connectivity index (χ1n) is 1.62. The largest absolute Gasteiger partial charge is 0.259 e. The summed E-state index contributed by atoms with van der Waals surface area (Å²) in [4.78, 5) is 0. The molecule has 0 rings (SSSR count). The molecule has 0 heterocycles. The summed E-state index contributed by atoms with van der Waals surface area (Å²) in [5.41, 5.74) is 2.86. The fraction of sp³-hybridized carbons (Fsp3) is 1.00. The van der Waals surface area contributed by atoms with Crippen LogP contribution in [0, 0.1) is 0 Å². The molecular weight excluding hydrogens is 99.5 g/mol. The van der Waals surface area contributed by atoms with Crippen molar-refractivity contribution in [1.29, 1.82) is 0 Å². The van der Waals surface area contributed by atoms with Crippen molar-refractivity contribution in [3.63, 3.8) is 0 Å². The second-order valence-corrected chi connectivity index (χ2v) is 1.12. The Morgan fingerprint density at radius 3 is 1.50 bits per heavy atom. The number of hydrogen-bond donors (Lipinski definition) is 1. The Balaban J connectivity index is 0. The lowest BCUT2D eigenvalue weighted by molar-refractivity contribution is 0.323. The van der Waals surface area contributed by atoms with E-state index in [0.29, 0.717) is 0 Å². The van der Waals surface area contributed by atoms with E-state index in [-0.39, 0.29) is 12.4 Å². The maximum atomic E-state index is 2.86. The minimum atomic E-state index is 0. The molecule has 0 aromatic rings. The van der Waals surface area contributed by atoms with Gasteiger partial charge in [0.05, 0.1) is 0 Å². The molecule has 0 aromatic heterocycles. The van der Waals surface area contributed by atoms with Crippen molar-refractivity contribution in [2.75, 3.05) is 21.1 Å². The average molecular weight is 111 g/mol. The van der Waals surface area contributed by atoms with Crippen LogP contribution in [0.1, 0.15) is 0 Å². The van der Waals surface area contributed by atoms with E-state index in [9.17, 15) is 0 Å². The van der Waals surface area contributed by atoms with E-state index >= 15 is 0 Å². The smallest absolute Gasteiger partial charge is 0.00128 e. The highest BCUT2D eigenvalue weighted by Crippen LogP contribution is 1.49. The molecule has 1 N–H and O–H groups in total. The maximum Gasteiger partial charge on any atom is 0.00128 e. The Labute approximate surface area is 44.9 Å². The third-order valence-electron chi connectivity index (χ3n) is 0.447. The normalized spacial score (nSPS) is 8.00. The highest BCUT2D eigenvalue weighted by molar-refractivity contribution is 5.85. The lowest BCUT2D eigenvalue weighted by Gasteiger charge is -2.02. The summed E-state index contributed by atoms with van der Waals surface area (Å²) >= 11 is 0. The number of nitrogens with one attached hydrogen (secondary N) is 1. The molecule has 0 fully saturated rings. The summed E-state index contributed by atoms with van der Waals surface area (Å²) in [6, 6.07) is 0. The third kappa shape index (κ3) is 8.88. The zero-order chi connectivity index (χ0) is 4.28. The average Bonchev–Trinajstić information content (AvgIpc) is 1.38. The molecule has 3 heteroatoms. The van der Waals surface area contributed by atoms with Crippen molar-refractivity contribution in [1.82, 2.24) is 10.4 Å². The topological polar surface area (TPSA) is 15.3 Å². The minimum Gasteiger partial charge on any atom is -0.259 e. The first-order valence-corrected chi connectivity index (χ1v) is 1.62. The summed E-state index contributed by atoms with van der Waals surface area (Å²) in [5, 5.41) is 1.88. The highest BCUT2D eigenvalue weighted by atomic mass is 35.5. The predicted octanol–water partition coefficient (Wildman–Crippen LogP) is 0.104. The van der Waals surface area contributed by atoms with Gasteiger partial charge in [0.1, 0.15) is 0 Å². The quantitative estimate of drug-likeness (QED) is 0.482. The molecule has 0 bridgehead atoms. The fourth-order valence-corrected chi connectivity index (χ4v) is 0. The van der Waals surface area contributed by atoms with Gasteiger partial charge in [-0.3, -0.25) is 10.4 Å². The van der Waals surface area contributed by atoms with Gasteiger partial charge < -0.3 is 0 Å². The molecule has 2 nitrogen and oxygen atoms in total. The number of hydrazine groups is 1. The van der Waals surface area contributed by atoms with Gasteiger partial charge in [-0.15, -0.1) is 12.4 Å². The van der Waals surface area contributed by atoms with Crippen molar-refractivity contribution in [2.45, 2.75) is 0 Å². The van der Waals surface area contributed by atoms with Gasteiger partial charge in [0, 0.05) is 14.1 Å². The van der Waals surface area contributed by atoms with Gasteiger partial charge in [-0.1, -0.05) is 0 Å². The molecule has 0 aliphatic rings. The Bertz CT molecular complexity index is 22.8. The van der Waals surface area contributed by atoms with Gasteiger partial charge in [0.15, 0.2) is 0 Å². The number of halogens is 1. The first-order chi connectivity index (χ1) is 2.27. The Morgan fingerprint density at radius 1 is 1.33 bits per heavy atom. The van der Waals surface area contributed by atoms with Crippen molar-refractivity contribution in [3.05, 3.63) is 0 Å². The van der Waals surface area contributed by atoms with Crippen LogP contribution in [0.15, 0.2) is 0 Å². The van der Waals surface area contributed by atoms with Gasteiger partial charge in [-0.05, 0) is 7.05 Å². The molecule has 0 unspecified atom stereocenters. The predicted molar refractivity (Wildman–Crippen MR) is 30.0 cm³/mol. The third-order valence-corrected chi connectivity index (χ3v) is 0.447. The molecule has 0 atom stereocenters. The molecule has 0 amide bonds. The zero-order valence-electron chi connectivity index (χ0n) is 4.36. The van der Waals surface area contributed by atoms with Crippen LogP contribution in [0.5, 0.6) is 0 Å². The van der Waals surface area contributed by atoms with Crippen LogP contribution < -0.4 is 5.43 Å². The Hall–Kier alpha value is 0.210. The van der Waals surface area contributed by atoms with Crippen molar-refractivity contribution >= 4 is 12.4 Å². The van der Waals surface area contributed by atoms with Crippen LogP contribution in [0.3, 0.4) is 0 Å². The summed E-state index contributed by atoms with van der Waals surface area (Å²) in [6.45, 7) is 0. The van der Waals surface area contributed by atoms with Crippen LogP contribution in [-0.2, 0) is 0 Å². The molecule has 0 aliphatic heterocycles. The molecule has 0 saturated heterocycles. The zero-order valence-corrected chi connectivity index (χ0v) is 5.17.